The normalized spacial score (nSPS) is 12.0. The highest BCUT2D eigenvalue weighted by Crippen LogP contribution is 2.26. The first-order chi connectivity index (χ1) is 9.11. The monoisotopic (exact) mass is 279 g/mol. The van der Waals surface area contributed by atoms with Crippen molar-refractivity contribution in [3.63, 3.8) is 0 Å². The molecule has 4 heteroatoms. The van der Waals surface area contributed by atoms with Gasteiger partial charge in [0.05, 0.1) is 17.8 Å². The Hall–Kier alpha value is -1.74. The Morgan fingerprint density at radius 3 is 2.47 bits per heavy atom. The van der Waals surface area contributed by atoms with Crippen LogP contribution in [0.25, 0.3) is 0 Å². The molecule has 0 saturated carbocycles. The minimum atomic E-state index is -0.426. The molecule has 0 spiro atoms. The van der Waals surface area contributed by atoms with E-state index in [0.717, 1.165) is 11.3 Å². The van der Waals surface area contributed by atoms with Gasteiger partial charge in [-0.15, -0.1) is 0 Å². The summed E-state index contributed by atoms with van der Waals surface area (Å²) in [5.41, 5.74) is 1.44. The van der Waals surface area contributed by atoms with Crippen molar-refractivity contribution in [2.75, 3.05) is 12.4 Å². The van der Waals surface area contributed by atoms with Gasteiger partial charge in [-0.3, -0.25) is 0 Å². The van der Waals surface area contributed by atoms with Gasteiger partial charge in [0.2, 0.25) is 0 Å². The fourth-order valence-corrected chi connectivity index (χ4v) is 2.00. The summed E-state index contributed by atoms with van der Waals surface area (Å²) >= 11 is 5.75. The number of rotatable bonds is 4. The molecule has 0 bridgehead atoms. The lowest BCUT2D eigenvalue weighted by molar-refractivity contribution is 0.414. The van der Waals surface area contributed by atoms with Crippen LogP contribution in [0.1, 0.15) is 18.5 Å². The molecule has 0 saturated heterocycles. The van der Waals surface area contributed by atoms with Crippen molar-refractivity contribution in [1.29, 1.82) is 0 Å². The van der Waals surface area contributed by atoms with Crippen LogP contribution in [0.15, 0.2) is 42.5 Å². The van der Waals surface area contributed by atoms with Crippen LogP contribution in [0, 0.1) is 5.82 Å². The van der Waals surface area contributed by atoms with Crippen LogP contribution in [0.5, 0.6) is 5.75 Å². The molecule has 0 aliphatic carbocycles. The van der Waals surface area contributed by atoms with Gasteiger partial charge in [-0.05, 0) is 36.8 Å². The molecule has 1 atom stereocenters. The third-order valence-electron chi connectivity index (χ3n) is 2.94. The van der Waals surface area contributed by atoms with Gasteiger partial charge in [-0.2, -0.15) is 0 Å². The maximum Gasteiger partial charge on any atom is 0.164 e. The molecule has 0 aliphatic rings. The van der Waals surface area contributed by atoms with E-state index < -0.39 is 5.82 Å². The summed E-state index contributed by atoms with van der Waals surface area (Å²) < 4.78 is 18.9. The average molecular weight is 280 g/mol. The number of nitrogens with one attached hydrogen (secondary N) is 1. The van der Waals surface area contributed by atoms with Gasteiger partial charge in [-0.25, -0.2) is 4.39 Å². The molecule has 2 aromatic rings. The quantitative estimate of drug-likeness (QED) is 0.879. The number of hydrogen-bond acceptors (Lipinski definition) is 2. The molecule has 0 fully saturated rings. The Morgan fingerprint density at radius 2 is 1.84 bits per heavy atom. The average Bonchev–Trinajstić information content (AvgIpc) is 2.44. The number of halogens is 2. The molecule has 0 aromatic heterocycles. The lowest BCUT2D eigenvalue weighted by Gasteiger charge is -2.17. The van der Waals surface area contributed by atoms with E-state index in [4.69, 9.17) is 16.3 Å². The molecule has 0 radical (unpaired) electrons. The summed E-state index contributed by atoms with van der Waals surface area (Å²) in [6.07, 6.45) is 0. The van der Waals surface area contributed by atoms with E-state index >= 15 is 0 Å². The lowest BCUT2D eigenvalue weighted by atomic mass is 10.1. The second-order valence-electron chi connectivity index (χ2n) is 4.24. The van der Waals surface area contributed by atoms with E-state index in [2.05, 4.69) is 5.32 Å². The molecule has 1 unspecified atom stereocenters. The number of anilines is 1. The zero-order chi connectivity index (χ0) is 13.8. The van der Waals surface area contributed by atoms with Crippen LogP contribution >= 0.6 is 11.6 Å². The summed E-state index contributed by atoms with van der Waals surface area (Å²) in [7, 11) is 1.62. The van der Waals surface area contributed by atoms with E-state index in [1.165, 1.54) is 6.07 Å². The first kappa shape index (κ1) is 13.7. The maximum atomic E-state index is 13.8. The van der Waals surface area contributed by atoms with E-state index in [1.807, 2.05) is 31.2 Å². The van der Waals surface area contributed by atoms with E-state index in [1.54, 1.807) is 19.2 Å². The Labute approximate surface area is 117 Å². The van der Waals surface area contributed by atoms with Crippen molar-refractivity contribution in [3.05, 3.63) is 58.9 Å². The van der Waals surface area contributed by atoms with E-state index in [9.17, 15) is 4.39 Å². The second-order valence-corrected chi connectivity index (χ2v) is 4.65. The van der Waals surface area contributed by atoms with Crippen LogP contribution in [-0.4, -0.2) is 7.11 Å². The molecule has 100 valence electrons. The summed E-state index contributed by atoms with van der Waals surface area (Å²) in [4.78, 5) is 0. The predicted octanol–water partition coefficient (Wildman–Crippen LogP) is 4.66. The Balaban J connectivity index is 2.15. The van der Waals surface area contributed by atoms with Gasteiger partial charge in [0.25, 0.3) is 0 Å². The van der Waals surface area contributed by atoms with Crippen LogP contribution in [-0.2, 0) is 0 Å². The number of methoxy groups -OCH3 is 1. The molecule has 2 rings (SSSR count). The van der Waals surface area contributed by atoms with Crippen LogP contribution in [0.3, 0.4) is 0 Å². The fraction of sp³-hybridized carbons (Fsp3) is 0.200. The molecule has 1 N–H and O–H groups in total. The van der Waals surface area contributed by atoms with E-state index in [-0.39, 0.29) is 11.1 Å². The highest BCUT2D eigenvalue weighted by atomic mass is 35.5. The summed E-state index contributed by atoms with van der Waals surface area (Å²) in [5, 5.41) is 3.22. The van der Waals surface area contributed by atoms with Crippen LogP contribution in [0.4, 0.5) is 10.1 Å². The first-order valence-electron chi connectivity index (χ1n) is 5.96. The van der Waals surface area contributed by atoms with Gasteiger partial charge in [0.1, 0.15) is 5.75 Å². The molecule has 19 heavy (non-hydrogen) atoms. The molecule has 0 aliphatic heterocycles. The van der Waals surface area contributed by atoms with Crippen LogP contribution in [0.2, 0.25) is 5.02 Å². The Morgan fingerprint density at radius 1 is 1.16 bits per heavy atom. The minimum absolute atomic E-state index is 0.0288. The van der Waals surface area contributed by atoms with Gasteiger partial charge < -0.3 is 10.1 Å². The summed E-state index contributed by atoms with van der Waals surface area (Å²) in [6, 6.07) is 12.5. The second kappa shape index (κ2) is 5.93. The summed E-state index contributed by atoms with van der Waals surface area (Å²) in [6.45, 7) is 1.96. The first-order valence-corrected chi connectivity index (χ1v) is 6.34. The zero-order valence-corrected chi connectivity index (χ0v) is 11.5. The third kappa shape index (κ3) is 3.18. The van der Waals surface area contributed by atoms with Crippen molar-refractivity contribution in [1.82, 2.24) is 0 Å². The summed E-state index contributed by atoms with van der Waals surface area (Å²) in [5.74, 6) is 0.370. The minimum Gasteiger partial charge on any atom is -0.497 e. The zero-order valence-electron chi connectivity index (χ0n) is 10.8. The fourth-order valence-electron chi connectivity index (χ4n) is 1.82. The van der Waals surface area contributed by atoms with Crippen molar-refractivity contribution in [2.24, 2.45) is 0 Å². The Kier molecular flexibility index (Phi) is 4.27. The standard InChI is InChI=1S/C15H15ClFNO/c1-10(11-6-8-12(19-2)9-7-11)18-14-5-3-4-13(16)15(14)17/h3-10,18H,1-2H3. The number of benzene rings is 2. The maximum absolute atomic E-state index is 13.8. The highest BCUT2D eigenvalue weighted by molar-refractivity contribution is 6.31. The lowest BCUT2D eigenvalue weighted by Crippen LogP contribution is -2.08. The van der Waals surface area contributed by atoms with Crippen molar-refractivity contribution in [3.8, 4) is 5.75 Å². The predicted molar refractivity (Wildman–Crippen MR) is 76.4 cm³/mol. The van der Waals surface area contributed by atoms with Crippen LogP contribution < -0.4 is 10.1 Å². The van der Waals surface area contributed by atoms with Gasteiger partial charge in [0.15, 0.2) is 5.82 Å². The SMILES string of the molecule is COc1ccc(C(C)Nc2cccc(Cl)c2F)cc1. The van der Waals surface area contributed by atoms with Gasteiger partial charge in [-0.1, -0.05) is 29.8 Å². The highest BCUT2D eigenvalue weighted by Gasteiger charge is 2.10. The van der Waals surface area contributed by atoms with Crippen molar-refractivity contribution >= 4 is 17.3 Å². The molecule has 0 heterocycles. The third-order valence-corrected chi connectivity index (χ3v) is 3.23. The van der Waals surface area contributed by atoms with E-state index in [0.29, 0.717) is 5.69 Å². The number of hydrogen-bond donors (Lipinski definition) is 1. The van der Waals surface area contributed by atoms with Crippen molar-refractivity contribution in [2.45, 2.75) is 13.0 Å². The topological polar surface area (TPSA) is 21.3 Å². The molecular weight excluding hydrogens is 265 g/mol. The molecule has 2 aromatic carbocycles. The molecule has 2 nitrogen and oxygen atoms in total. The smallest absolute Gasteiger partial charge is 0.164 e. The van der Waals surface area contributed by atoms with Gasteiger partial charge >= 0.3 is 0 Å². The molecular formula is C15H15ClFNO. The number of ether oxygens (including phenoxy) is 1. The molecule has 0 amide bonds. The largest absolute Gasteiger partial charge is 0.497 e. The van der Waals surface area contributed by atoms with Crippen molar-refractivity contribution < 1.29 is 9.13 Å². The Bertz CT molecular complexity index is 557. The van der Waals surface area contributed by atoms with Gasteiger partial charge in [0, 0.05) is 6.04 Å².